The number of benzene rings is 2. The van der Waals surface area contributed by atoms with Gasteiger partial charge in [-0.1, -0.05) is 29.3 Å². The third-order valence-corrected chi connectivity index (χ3v) is 6.13. The van der Waals surface area contributed by atoms with Gasteiger partial charge < -0.3 is 10.6 Å². The lowest BCUT2D eigenvalue weighted by molar-refractivity contribution is -0.123. The molecule has 12 heteroatoms. The smallest absolute Gasteiger partial charge is 0.343 e. The summed E-state index contributed by atoms with van der Waals surface area (Å²) >= 11 is 24.1. The van der Waals surface area contributed by atoms with Crippen molar-refractivity contribution in [3.8, 4) is 0 Å². The number of halogens is 8. The van der Waals surface area contributed by atoms with Crippen LogP contribution >= 0.6 is 46.4 Å². The standard InChI is InChI=1S/C19H12Cl4F4N2O2/c20-11-3-2-9(6-10(11)16(30)28-7-18(25,26)27)29-17(31)15-14(19(15,22)23)8-1-4-13(24)12(21)5-8/h1-6,14-15H,7H2,(H,28,30)(H,29,31)/t14-,15+/m1/s1. The fourth-order valence-corrected chi connectivity index (χ4v) is 4.27. The van der Waals surface area contributed by atoms with Gasteiger partial charge in [0.15, 0.2) is 0 Å². The molecule has 166 valence electrons. The van der Waals surface area contributed by atoms with Crippen molar-refractivity contribution >= 4 is 63.9 Å². The van der Waals surface area contributed by atoms with Gasteiger partial charge in [0.2, 0.25) is 5.91 Å². The predicted octanol–water partition coefficient (Wildman–Crippen LogP) is 5.95. The number of carbonyl (C=O) groups is 2. The summed E-state index contributed by atoms with van der Waals surface area (Å²) in [6.45, 7) is -1.54. The third-order valence-electron chi connectivity index (χ3n) is 4.57. The van der Waals surface area contributed by atoms with E-state index in [0.717, 1.165) is 12.1 Å². The van der Waals surface area contributed by atoms with Crippen molar-refractivity contribution in [2.75, 3.05) is 11.9 Å². The van der Waals surface area contributed by atoms with Crippen LogP contribution in [0.1, 0.15) is 21.8 Å². The van der Waals surface area contributed by atoms with Gasteiger partial charge in [0.05, 0.1) is 21.5 Å². The Hall–Kier alpha value is -1.74. The highest BCUT2D eigenvalue weighted by Crippen LogP contribution is 2.65. The van der Waals surface area contributed by atoms with Crippen molar-refractivity contribution < 1.29 is 27.2 Å². The summed E-state index contributed by atoms with van der Waals surface area (Å²) in [5, 5.41) is 3.95. The first-order chi connectivity index (χ1) is 14.3. The minimum Gasteiger partial charge on any atom is -0.343 e. The molecule has 2 aromatic carbocycles. The van der Waals surface area contributed by atoms with Crippen LogP contribution in [-0.4, -0.2) is 28.9 Å². The maximum absolute atomic E-state index is 13.4. The molecule has 0 bridgehead atoms. The SMILES string of the molecule is O=C(NCC(F)(F)F)c1cc(NC(=O)[C@@H]2[C@@H](c3ccc(F)c(Cl)c3)C2(Cl)Cl)ccc1Cl. The lowest BCUT2D eigenvalue weighted by atomic mass is 10.1. The highest BCUT2D eigenvalue weighted by molar-refractivity contribution is 6.53. The average Bonchev–Trinajstić information content (AvgIpc) is 3.25. The van der Waals surface area contributed by atoms with Gasteiger partial charge in [-0.05, 0) is 35.9 Å². The zero-order chi connectivity index (χ0) is 23.1. The second-order valence-corrected chi connectivity index (χ2v) is 9.04. The quantitative estimate of drug-likeness (QED) is 0.380. The van der Waals surface area contributed by atoms with Crippen molar-refractivity contribution in [3.05, 3.63) is 63.4 Å². The van der Waals surface area contributed by atoms with Gasteiger partial charge in [-0.15, -0.1) is 23.2 Å². The molecule has 1 fully saturated rings. The van der Waals surface area contributed by atoms with Crippen LogP contribution in [0.25, 0.3) is 0 Å². The Balaban J connectivity index is 1.74. The number of rotatable bonds is 5. The summed E-state index contributed by atoms with van der Waals surface area (Å²) in [4.78, 5) is 24.7. The molecule has 0 radical (unpaired) electrons. The Bertz CT molecular complexity index is 1050. The molecular weight excluding hydrogens is 506 g/mol. The molecule has 0 unspecified atom stereocenters. The Labute approximate surface area is 193 Å². The van der Waals surface area contributed by atoms with Crippen molar-refractivity contribution in [1.29, 1.82) is 0 Å². The Morgan fingerprint density at radius 2 is 1.71 bits per heavy atom. The Morgan fingerprint density at radius 1 is 1.03 bits per heavy atom. The lowest BCUT2D eigenvalue weighted by Crippen LogP contribution is -2.33. The minimum atomic E-state index is -4.60. The number of hydrogen-bond acceptors (Lipinski definition) is 2. The third kappa shape index (κ3) is 5.37. The van der Waals surface area contributed by atoms with E-state index in [9.17, 15) is 27.2 Å². The molecule has 1 aliphatic rings. The molecule has 2 N–H and O–H groups in total. The largest absolute Gasteiger partial charge is 0.405 e. The van der Waals surface area contributed by atoms with E-state index >= 15 is 0 Å². The van der Waals surface area contributed by atoms with Crippen molar-refractivity contribution in [3.63, 3.8) is 0 Å². The van der Waals surface area contributed by atoms with E-state index in [1.54, 1.807) is 5.32 Å². The fraction of sp³-hybridized carbons (Fsp3) is 0.263. The van der Waals surface area contributed by atoms with Gasteiger partial charge in [-0.3, -0.25) is 9.59 Å². The van der Waals surface area contributed by atoms with Crippen LogP contribution in [0.3, 0.4) is 0 Å². The monoisotopic (exact) mass is 516 g/mol. The minimum absolute atomic E-state index is 0.0958. The second kappa shape index (κ2) is 8.65. The molecule has 0 aliphatic heterocycles. The number of nitrogens with one attached hydrogen (secondary N) is 2. The summed E-state index contributed by atoms with van der Waals surface area (Å²) in [7, 11) is 0. The maximum atomic E-state index is 13.4. The highest BCUT2D eigenvalue weighted by Gasteiger charge is 2.67. The molecular formula is C19H12Cl4F4N2O2. The first-order valence-corrected chi connectivity index (χ1v) is 10.1. The molecule has 1 aliphatic carbocycles. The summed E-state index contributed by atoms with van der Waals surface area (Å²) in [5.74, 6) is -3.90. The van der Waals surface area contributed by atoms with Crippen LogP contribution in [0.5, 0.6) is 0 Å². The van der Waals surface area contributed by atoms with E-state index in [1.807, 2.05) is 0 Å². The van der Waals surface area contributed by atoms with Crippen LogP contribution < -0.4 is 10.6 Å². The molecule has 0 heterocycles. The van der Waals surface area contributed by atoms with E-state index in [-0.39, 0.29) is 21.3 Å². The molecule has 0 aromatic heterocycles. The molecule has 31 heavy (non-hydrogen) atoms. The Morgan fingerprint density at radius 3 is 2.32 bits per heavy atom. The summed E-state index contributed by atoms with van der Waals surface area (Å²) < 4.78 is 48.9. The normalized spacial score (nSPS) is 19.6. The van der Waals surface area contributed by atoms with Crippen LogP contribution in [-0.2, 0) is 4.79 Å². The molecule has 2 atom stereocenters. The zero-order valence-electron chi connectivity index (χ0n) is 15.2. The second-order valence-electron chi connectivity index (χ2n) is 6.79. The van der Waals surface area contributed by atoms with E-state index in [0.29, 0.717) is 5.56 Å². The van der Waals surface area contributed by atoms with Gasteiger partial charge in [0.25, 0.3) is 5.91 Å². The summed E-state index contributed by atoms with van der Waals surface area (Å²) in [5.41, 5.74) is 0.294. The average molecular weight is 518 g/mol. The van der Waals surface area contributed by atoms with E-state index in [2.05, 4.69) is 5.32 Å². The highest BCUT2D eigenvalue weighted by atomic mass is 35.5. The number of alkyl halides is 5. The Kier molecular flexibility index (Phi) is 6.68. The van der Waals surface area contributed by atoms with E-state index in [1.165, 1.54) is 24.3 Å². The lowest BCUT2D eigenvalue weighted by Gasteiger charge is -2.11. The first-order valence-electron chi connectivity index (χ1n) is 8.59. The van der Waals surface area contributed by atoms with Crippen LogP contribution in [0.15, 0.2) is 36.4 Å². The number of hydrogen-bond donors (Lipinski definition) is 2. The summed E-state index contributed by atoms with van der Waals surface area (Å²) in [6, 6.07) is 7.58. The van der Waals surface area contributed by atoms with E-state index in [4.69, 9.17) is 46.4 Å². The van der Waals surface area contributed by atoms with Gasteiger partial charge in [0, 0.05) is 11.6 Å². The zero-order valence-corrected chi connectivity index (χ0v) is 18.2. The molecule has 2 aromatic rings. The van der Waals surface area contributed by atoms with Gasteiger partial charge in [-0.2, -0.15) is 13.2 Å². The van der Waals surface area contributed by atoms with Crippen LogP contribution in [0.4, 0.5) is 23.2 Å². The maximum Gasteiger partial charge on any atom is 0.405 e. The van der Waals surface area contributed by atoms with Gasteiger partial charge >= 0.3 is 6.18 Å². The number of amides is 2. The predicted molar refractivity (Wildman–Crippen MR) is 111 cm³/mol. The van der Waals surface area contributed by atoms with Crippen LogP contribution in [0.2, 0.25) is 10.0 Å². The van der Waals surface area contributed by atoms with Crippen molar-refractivity contribution in [2.45, 2.75) is 16.4 Å². The first kappa shape index (κ1) is 23.9. The number of carbonyl (C=O) groups excluding carboxylic acids is 2. The molecule has 1 saturated carbocycles. The molecule has 0 saturated heterocycles. The van der Waals surface area contributed by atoms with Gasteiger partial charge in [-0.25, -0.2) is 4.39 Å². The topological polar surface area (TPSA) is 58.2 Å². The molecule has 2 amide bonds. The van der Waals surface area contributed by atoms with Gasteiger partial charge in [0.1, 0.15) is 16.7 Å². The van der Waals surface area contributed by atoms with Crippen LogP contribution in [0, 0.1) is 11.7 Å². The molecule has 4 nitrogen and oxygen atoms in total. The van der Waals surface area contributed by atoms with Crippen molar-refractivity contribution in [1.82, 2.24) is 5.32 Å². The summed E-state index contributed by atoms with van der Waals surface area (Å²) in [6.07, 6.45) is -4.60. The van der Waals surface area contributed by atoms with E-state index < -0.39 is 46.5 Å². The fourth-order valence-electron chi connectivity index (χ4n) is 3.05. The number of anilines is 1. The van der Waals surface area contributed by atoms with Crippen molar-refractivity contribution in [2.24, 2.45) is 5.92 Å². The molecule has 0 spiro atoms. The molecule has 3 rings (SSSR count).